The molecule has 0 aliphatic heterocycles. The second kappa shape index (κ2) is 6.37. The number of benzene rings is 1. The molecular formula is C20H16N2O4. The van der Waals surface area contributed by atoms with Crippen LogP contribution >= 0.6 is 0 Å². The van der Waals surface area contributed by atoms with Gasteiger partial charge in [-0.05, 0) is 6.92 Å². The molecule has 1 N–H and O–H groups in total. The van der Waals surface area contributed by atoms with E-state index in [9.17, 15) is 19.5 Å². The van der Waals surface area contributed by atoms with Crippen LogP contribution in [0.5, 0.6) is 0 Å². The van der Waals surface area contributed by atoms with Crippen molar-refractivity contribution in [1.29, 1.82) is 0 Å². The highest BCUT2D eigenvalue weighted by atomic mass is 16.4. The first-order valence-electron chi connectivity index (χ1n) is 7.87. The number of nitrogens with zero attached hydrogens (tertiary/aromatic N) is 2. The average Bonchev–Trinajstić information content (AvgIpc) is 2.89. The van der Waals surface area contributed by atoms with Gasteiger partial charge in [0.25, 0.3) is 0 Å². The summed E-state index contributed by atoms with van der Waals surface area (Å²) in [4.78, 5) is 37.2. The Morgan fingerprint density at radius 1 is 1.19 bits per heavy atom. The highest BCUT2D eigenvalue weighted by Crippen LogP contribution is 2.26. The third-order valence-electron chi connectivity index (χ3n) is 4.45. The van der Waals surface area contributed by atoms with Crippen molar-refractivity contribution in [3.8, 4) is 12.3 Å². The molecule has 6 nitrogen and oxygen atoms in total. The number of hydrogen-bond donors (Lipinski definition) is 1. The third-order valence-corrected chi connectivity index (χ3v) is 4.45. The van der Waals surface area contributed by atoms with E-state index in [0.717, 1.165) is 0 Å². The molecule has 0 aliphatic carbocycles. The molecule has 3 aromatic rings. The Hall–Kier alpha value is -3.59. The van der Waals surface area contributed by atoms with Gasteiger partial charge in [0, 0.05) is 24.5 Å². The van der Waals surface area contributed by atoms with Crippen LogP contribution < -0.4 is 5.43 Å². The second-order valence-electron chi connectivity index (χ2n) is 5.92. The Morgan fingerprint density at radius 2 is 1.85 bits per heavy atom. The number of aromatic nitrogens is 2. The number of carboxylic acid groups (broad SMARTS) is 1. The normalized spacial score (nSPS) is 10.7. The maximum Gasteiger partial charge on any atom is 0.341 e. The Labute approximate surface area is 149 Å². The van der Waals surface area contributed by atoms with Crippen molar-refractivity contribution in [3.05, 3.63) is 69.1 Å². The van der Waals surface area contributed by atoms with Gasteiger partial charge in [0.1, 0.15) is 11.1 Å². The fourth-order valence-corrected chi connectivity index (χ4v) is 3.11. The molecular weight excluding hydrogens is 332 g/mol. The van der Waals surface area contributed by atoms with Crippen molar-refractivity contribution in [1.82, 2.24) is 9.13 Å². The molecule has 130 valence electrons. The summed E-state index contributed by atoms with van der Waals surface area (Å²) < 4.78 is 3.02. The van der Waals surface area contributed by atoms with Crippen molar-refractivity contribution in [2.75, 3.05) is 0 Å². The highest BCUT2D eigenvalue weighted by Gasteiger charge is 2.26. The molecule has 1 aromatic carbocycles. The Morgan fingerprint density at radius 3 is 2.42 bits per heavy atom. The van der Waals surface area contributed by atoms with Crippen LogP contribution in [0.1, 0.15) is 32.0 Å². The maximum absolute atomic E-state index is 13.1. The molecule has 0 unspecified atom stereocenters. The fourth-order valence-electron chi connectivity index (χ4n) is 3.11. The first-order chi connectivity index (χ1) is 12.4. The summed E-state index contributed by atoms with van der Waals surface area (Å²) in [5, 5.41) is 9.33. The number of aryl methyl sites for hydroxylation is 1. The lowest BCUT2D eigenvalue weighted by molar-refractivity contribution is 0.0694. The van der Waals surface area contributed by atoms with Crippen LogP contribution in [0, 0.1) is 19.3 Å². The van der Waals surface area contributed by atoms with Gasteiger partial charge in [0.15, 0.2) is 5.78 Å². The van der Waals surface area contributed by atoms with Crippen molar-refractivity contribution in [3.63, 3.8) is 0 Å². The van der Waals surface area contributed by atoms with Crippen molar-refractivity contribution in [2.45, 2.75) is 13.5 Å². The van der Waals surface area contributed by atoms with Gasteiger partial charge >= 0.3 is 5.97 Å². The number of terminal acetylenes is 1. The quantitative estimate of drug-likeness (QED) is 0.579. The van der Waals surface area contributed by atoms with E-state index in [-0.39, 0.29) is 23.4 Å². The standard InChI is InChI=1S/C20H16N2O4/c1-4-10-22-11-14(20(25)26)19(24)17-16(22)15(12(2)21(17)3)18(23)13-8-6-5-7-9-13/h1,5-9,11H,10H2,2-3H3,(H,25,26). The minimum absolute atomic E-state index is 0.0373. The molecule has 0 fully saturated rings. The van der Waals surface area contributed by atoms with E-state index in [2.05, 4.69) is 5.92 Å². The number of ketones is 1. The molecule has 0 saturated carbocycles. The SMILES string of the molecule is C#CCn1cc(C(=O)O)c(=O)c2c1c(C(=O)c1ccccc1)c(C)n2C. The smallest absolute Gasteiger partial charge is 0.341 e. The molecule has 0 bridgehead atoms. The van der Waals surface area contributed by atoms with Gasteiger partial charge in [-0.3, -0.25) is 9.59 Å². The molecule has 0 aliphatic rings. The van der Waals surface area contributed by atoms with E-state index >= 15 is 0 Å². The fraction of sp³-hybridized carbons (Fsp3) is 0.150. The van der Waals surface area contributed by atoms with E-state index < -0.39 is 11.4 Å². The molecule has 2 aromatic heterocycles. The molecule has 0 saturated heterocycles. The van der Waals surface area contributed by atoms with Crippen molar-refractivity contribution in [2.24, 2.45) is 7.05 Å². The number of aromatic carboxylic acids is 1. The monoisotopic (exact) mass is 348 g/mol. The minimum Gasteiger partial charge on any atom is -0.477 e. The zero-order chi connectivity index (χ0) is 19.0. The molecule has 0 radical (unpaired) electrons. The summed E-state index contributed by atoms with van der Waals surface area (Å²) in [5.41, 5.74) is 0.872. The molecule has 0 amide bonds. The second-order valence-corrected chi connectivity index (χ2v) is 5.92. The van der Waals surface area contributed by atoms with Crippen molar-refractivity contribution < 1.29 is 14.7 Å². The Balaban J connectivity index is 2.46. The number of pyridine rings is 1. The summed E-state index contributed by atoms with van der Waals surface area (Å²) in [6.07, 6.45) is 6.61. The van der Waals surface area contributed by atoms with Crippen LogP contribution in [0.4, 0.5) is 0 Å². The van der Waals surface area contributed by atoms with Gasteiger partial charge in [0.05, 0.1) is 17.6 Å². The molecule has 26 heavy (non-hydrogen) atoms. The van der Waals surface area contributed by atoms with Crippen LogP contribution in [0.2, 0.25) is 0 Å². The lowest BCUT2D eigenvalue weighted by atomic mass is 10.0. The summed E-state index contributed by atoms with van der Waals surface area (Å²) in [7, 11) is 1.63. The van der Waals surface area contributed by atoms with Gasteiger partial charge in [-0.1, -0.05) is 36.3 Å². The van der Waals surface area contributed by atoms with E-state index in [1.54, 1.807) is 48.9 Å². The number of hydrogen-bond acceptors (Lipinski definition) is 3. The lowest BCUT2D eigenvalue weighted by Crippen LogP contribution is -2.20. The Bertz CT molecular complexity index is 1140. The lowest BCUT2D eigenvalue weighted by Gasteiger charge is -2.09. The summed E-state index contributed by atoms with van der Waals surface area (Å²) in [6, 6.07) is 8.70. The number of rotatable bonds is 4. The van der Waals surface area contributed by atoms with E-state index in [1.807, 2.05) is 0 Å². The number of carbonyl (C=O) groups is 2. The van der Waals surface area contributed by atoms with E-state index in [1.165, 1.54) is 10.8 Å². The maximum atomic E-state index is 13.1. The minimum atomic E-state index is -1.34. The van der Waals surface area contributed by atoms with Gasteiger partial charge in [0.2, 0.25) is 5.43 Å². The van der Waals surface area contributed by atoms with Gasteiger partial charge in [-0.25, -0.2) is 4.79 Å². The topological polar surface area (TPSA) is 81.3 Å². The average molecular weight is 348 g/mol. The summed E-state index contributed by atoms with van der Waals surface area (Å²) >= 11 is 0. The molecule has 0 atom stereocenters. The third kappa shape index (κ3) is 2.50. The number of carboxylic acids is 1. The largest absolute Gasteiger partial charge is 0.477 e. The van der Waals surface area contributed by atoms with Gasteiger partial charge in [-0.15, -0.1) is 6.42 Å². The zero-order valence-corrected chi connectivity index (χ0v) is 14.3. The summed E-state index contributed by atoms with van der Waals surface area (Å²) in [5.74, 6) is 0.860. The van der Waals surface area contributed by atoms with E-state index in [0.29, 0.717) is 22.3 Å². The summed E-state index contributed by atoms with van der Waals surface area (Å²) in [6.45, 7) is 1.76. The molecule has 6 heteroatoms. The molecule has 2 heterocycles. The van der Waals surface area contributed by atoms with Crippen LogP contribution in [0.3, 0.4) is 0 Å². The van der Waals surface area contributed by atoms with Crippen LogP contribution in [0.15, 0.2) is 41.3 Å². The predicted molar refractivity (Wildman–Crippen MR) is 97.6 cm³/mol. The predicted octanol–water partition coefficient (Wildman–Crippen LogP) is 2.21. The zero-order valence-electron chi connectivity index (χ0n) is 14.3. The highest BCUT2D eigenvalue weighted by molar-refractivity contribution is 6.17. The number of fused-ring (bicyclic) bond motifs is 1. The molecule has 0 spiro atoms. The van der Waals surface area contributed by atoms with Crippen LogP contribution in [-0.2, 0) is 13.6 Å². The van der Waals surface area contributed by atoms with Crippen LogP contribution in [0.25, 0.3) is 11.0 Å². The Kier molecular flexibility index (Phi) is 4.23. The van der Waals surface area contributed by atoms with Gasteiger partial charge < -0.3 is 14.2 Å². The van der Waals surface area contributed by atoms with E-state index in [4.69, 9.17) is 6.42 Å². The van der Waals surface area contributed by atoms with Crippen LogP contribution in [-0.4, -0.2) is 26.0 Å². The van der Waals surface area contributed by atoms with Crippen molar-refractivity contribution >= 4 is 22.8 Å². The number of carbonyl (C=O) groups excluding carboxylic acids is 1. The first kappa shape index (κ1) is 17.2. The molecule has 3 rings (SSSR count). The van der Waals surface area contributed by atoms with Gasteiger partial charge in [-0.2, -0.15) is 0 Å². The first-order valence-corrected chi connectivity index (χ1v) is 7.87.